The highest BCUT2D eigenvalue weighted by Crippen LogP contribution is 1.86. The number of nitrogens with zero attached hydrogens (tertiary/aromatic N) is 1. The summed E-state index contributed by atoms with van der Waals surface area (Å²) in [6.45, 7) is 2.33. The molecular formula is C8H19N3O3S2. The second kappa shape index (κ2) is 7.91. The number of methoxy groups -OCH3 is 1. The average Bonchev–Trinajstić information content (AvgIpc) is 2.12. The van der Waals surface area contributed by atoms with Gasteiger partial charge in [0.2, 0.25) is 10.0 Å². The Balaban J connectivity index is 3.76. The zero-order valence-electron chi connectivity index (χ0n) is 9.60. The summed E-state index contributed by atoms with van der Waals surface area (Å²) in [7, 11) is 0.142. The van der Waals surface area contributed by atoms with Crippen LogP contribution in [0.15, 0.2) is 0 Å². The molecule has 0 fully saturated rings. The lowest BCUT2D eigenvalue weighted by molar-refractivity contribution is 0.162. The highest BCUT2D eigenvalue weighted by atomic mass is 32.2. The van der Waals surface area contributed by atoms with Gasteiger partial charge in [0, 0.05) is 26.7 Å². The van der Waals surface area contributed by atoms with Crippen molar-refractivity contribution in [2.75, 3.05) is 46.2 Å². The maximum atomic E-state index is 11.3. The van der Waals surface area contributed by atoms with Crippen molar-refractivity contribution < 1.29 is 13.2 Å². The van der Waals surface area contributed by atoms with Gasteiger partial charge in [-0.05, 0) is 7.05 Å². The van der Waals surface area contributed by atoms with Gasteiger partial charge in [0.1, 0.15) is 5.75 Å². The molecule has 0 radical (unpaired) electrons. The van der Waals surface area contributed by atoms with Crippen LogP contribution < -0.4 is 10.5 Å². The fraction of sp³-hybridized carbons (Fsp3) is 0.875. The molecule has 0 saturated heterocycles. The van der Waals surface area contributed by atoms with E-state index in [0.717, 1.165) is 6.54 Å². The minimum absolute atomic E-state index is 0.0276. The van der Waals surface area contributed by atoms with Crippen molar-refractivity contribution in [3.63, 3.8) is 0 Å². The molecule has 0 unspecified atom stereocenters. The minimum Gasteiger partial charge on any atom is -0.392 e. The molecule has 0 aliphatic heterocycles. The summed E-state index contributed by atoms with van der Waals surface area (Å²) >= 11 is 4.53. The van der Waals surface area contributed by atoms with E-state index in [4.69, 9.17) is 10.5 Å². The lowest BCUT2D eigenvalue weighted by Crippen LogP contribution is -2.37. The first-order valence-corrected chi connectivity index (χ1v) is 6.86. The van der Waals surface area contributed by atoms with Crippen molar-refractivity contribution in [3.05, 3.63) is 0 Å². The second-order valence-corrected chi connectivity index (χ2v) is 5.75. The van der Waals surface area contributed by atoms with Gasteiger partial charge in [-0.15, -0.1) is 0 Å². The third-order valence-corrected chi connectivity index (χ3v) is 3.49. The number of nitrogens with two attached hydrogens (primary N) is 1. The van der Waals surface area contributed by atoms with Crippen LogP contribution in [0.4, 0.5) is 0 Å². The highest BCUT2D eigenvalue weighted by molar-refractivity contribution is 7.92. The fourth-order valence-electron chi connectivity index (χ4n) is 0.989. The Morgan fingerprint density at radius 2 is 2.12 bits per heavy atom. The molecule has 6 nitrogen and oxygen atoms in total. The standard InChI is InChI=1S/C8H19N3O3S2/c1-11(5-6-14-2)4-3-10-16(12,13)7-8(9)15/h10H,3-7H2,1-2H3,(H2,9,15). The summed E-state index contributed by atoms with van der Waals surface area (Å²) in [5.74, 6) is -0.301. The predicted octanol–water partition coefficient (Wildman–Crippen LogP) is -1.23. The molecule has 0 aromatic rings. The molecule has 0 aromatic heterocycles. The summed E-state index contributed by atoms with van der Waals surface area (Å²) in [6.07, 6.45) is 0. The van der Waals surface area contributed by atoms with Crippen molar-refractivity contribution in [2.45, 2.75) is 0 Å². The van der Waals surface area contributed by atoms with E-state index < -0.39 is 10.0 Å². The Hall–Kier alpha value is -0.280. The van der Waals surface area contributed by atoms with E-state index in [1.807, 2.05) is 11.9 Å². The number of likely N-dealkylation sites (N-methyl/N-ethyl adjacent to an activating group) is 1. The SMILES string of the molecule is COCCN(C)CCNS(=O)(=O)CC(N)=S. The molecule has 0 aliphatic rings. The van der Waals surface area contributed by atoms with E-state index in [0.29, 0.717) is 19.7 Å². The number of rotatable bonds is 9. The number of hydrogen-bond donors (Lipinski definition) is 2. The number of hydrogen-bond acceptors (Lipinski definition) is 5. The van der Waals surface area contributed by atoms with Crippen LogP contribution in [0.5, 0.6) is 0 Å². The third-order valence-electron chi connectivity index (χ3n) is 1.82. The summed E-state index contributed by atoms with van der Waals surface area (Å²) in [5, 5.41) is 0. The van der Waals surface area contributed by atoms with Gasteiger partial charge >= 0.3 is 0 Å². The Labute approximate surface area is 102 Å². The molecule has 3 N–H and O–H groups in total. The first-order chi connectivity index (χ1) is 7.37. The summed E-state index contributed by atoms with van der Waals surface area (Å²) in [4.78, 5) is 1.94. The van der Waals surface area contributed by atoms with E-state index in [1.54, 1.807) is 7.11 Å². The molecule has 0 amide bonds. The van der Waals surface area contributed by atoms with Crippen molar-refractivity contribution in [1.29, 1.82) is 0 Å². The molecule has 0 spiro atoms. The lowest BCUT2D eigenvalue weighted by Gasteiger charge is -2.16. The molecule has 0 aliphatic carbocycles. The van der Waals surface area contributed by atoms with Gasteiger partial charge in [-0.3, -0.25) is 0 Å². The van der Waals surface area contributed by atoms with Crippen LogP contribution in [-0.2, 0) is 14.8 Å². The molecular weight excluding hydrogens is 250 g/mol. The molecule has 8 heteroatoms. The number of ether oxygens (including phenoxy) is 1. The lowest BCUT2D eigenvalue weighted by atomic mass is 10.5. The highest BCUT2D eigenvalue weighted by Gasteiger charge is 2.11. The molecule has 0 rings (SSSR count). The monoisotopic (exact) mass is 269 g/mol. The number of thiocarbonyl (C=S) groups is 1. The molecule has 96 valence electrons. The number of nitrogens with one attached hydrogen (secondary N) is 1. The molecule has 16 heavy (non-hydrogen) atoms. The fourth-order valence-corrected chi connectivity index (χ4v) is 2.33. The predicted molar refractivity (Wildman–Crippen MR) is 67.9 cm³/mol. The summed E-state index contributed by atoms with van der Waals surface area (Å²) in [6, 6.07) is 0. The van der Waals surface area contributed by atoms with Crippen LogP contribution in [-0.4, -0.2) is 64.5 Å². The second-order valence-electron chi connectivity index (χ2n) is 3.42. The minimum atomic E-state index is -3.37. The van der Waals surface area contributed by atoms with Crippen molar-refractivity contribution in [2.24, 2.45) is 5.73 Å². The summed E-state index contributed by atoms with van der Waals surface area (Å²) in [5.41, 5.74) is 5.16. The zero-order valence-corrected chi connectivity index (χ0v) is 11.2. The van der Waals surface area contributed by atoms with Crippen molar-refractivity contribution >= 4 is 27.2 Å². The molecule has 0 bridgehead atoms. The van der Waals surface area contributed by atoms with Crippen LogP contribution in [0.3, 0.4) is 0 Å². The smallest absolute Gasteiger partial charge is 0.218 e. The van der Waals surface area contributed by atoms with Crippen LogP contribution in [0.1, 0.15) is 0 Å². The van der Waals surface area contributed by atoms with Crippen LogP contribution in [0, 0.1) is 0 Å². The topological polar surface area (TPSA) is 84.7 Å². The van der Waals surface area contributed by atoms with Crippen molar-refractivity contribution in [3.8, 4) is 0 Å². The van der Waals surface area contributed by atoms with Gasteiger partial charge in [0.25, 0.3) is 0 Å². The Morgan fingerprint density at radius 1 is 1.50 bits per heavy atom. The van der Waals surface area contributed by atoms with E-state index in [-0.39, 0.29) is 10.7 Å². The van der Waals surface area contributed by atoms with Gasteiger partial charge < -0.3 is 15.4 Å². The quantitative estimate of drug-likeness (QED) is 0.510. The Kier molecular flexibility index (Phi) is 7.77. The number of sulfonamides is 1. The normalized spacial score (nSPS) is 11.9. The molecule has 0 atom stereocenters. The Morgan fingerprint density at radius 3 is 2.62 bits per heavy atom. The average molecular weight is 269 g/mol. The van der Waals surface area contributed by atoms with Crippen LogP contribution in [0.2, 0.25) is 0 Å². The van der Waals surface area contributed by atoms with E-state index in [2.05, 4.69) is 16.9 Å². The van der Waals surface area contributed by atoms with Gasteiger partial charge in [-0.2, -0.15) is 0 Å². The van der Waals surface area contributed by atoms with Gasteiger partial charge in [-0.1, -0.05) is 12.2 Å². The van der Waals surface area contributed by atoms with Gasteiger partial charge in [0.15, 0.2) is 0 Å². The Bertz CT molecular complexity index is 306. The first-order valence-electron chi connectivity index (χ1n) is 4.80. The maximum Gasteiger partial charge on any atom is 0.218 e. The van der Waals surface area contributed by atoms with Gasteiger partial charge in [0.05, 0.1) is 11.6 Å². The van der Waals surface area contributed by atoms with E-state index >= 15 is 0 Å². The first kappa shape index (κ1) is 15.7. The third kappa shape index (κ3) is 8.98. The molecule has 0 aromatic carbocycles. The van der Waals surface area contributed by atoms with E-state index in [1.165, 1.54) is 0 Å². The van der Waals surface area contributed by atoms with Crippen LogP contribution >= 0.6 is 12.2 Å². The van der Waals surface area contributed by atoms with Crippen LogP contribution in [0.25, 0.3) is 0 Å². The zero-order chi connectivity index (χ0) is 12.6. The van der Waals surface area contributed by atoms with Gasteiger partial charge in [-0.25, -0.2) is 13.1 Å². The summed E-state index contributed by atoms with van der Waals surface area (Å²) < 4.78 is 29.9. The molecule has 0 heterocycles. The largest absolute Gasteiger partial charge is 0.392 e. The molecule has 0 saturated carbocycles. The van der Waals surface area contributed by atoms with E-state index in [9.17, 15) is 8.42 Å². The van der Waals surface area contributed by atoms with Crippen molar-refractivity contribution in [1.82, 2.24) is 9.62 Å². The maximum absolute atomic E-state index is 11.3.